The summed E-state index contributed by atoms with van der Waals surface area (Å²) in [6, 6.07) is 0. The Labute approximate surface area is 97.3 Å². The first-order valence-electron chi connectivity index (χ1n) is 5.67. The third-order valence-electron chi connectivity index (χ3n) is 3.03. The van der Waals surface area contributed by atoms with Gasteiger partial charge in [0.15, 0.2) is 0 Å². The van der Waals surface area contributed by atoms with Gasteiger partial charge in [0, 0.05) is 19.5 Å². The Morgan fingerprint density at radius 3 is 2.53 bits per heavy atom. The van der Waals surface area contributed by atoms with Gasteiger partial charge >= 0.3 is 0 Å². The van der Waals surface area contributed by atoms with Gasteiger partial charge in [0.05, 0.1) is 6.61 Å². The third kappa shape index (κ3) is 3.68. The molecule has 1 N–H and O–H groups in total. The van der Waals surface area contributed by atoms with Crippen LogP contribution in [0.25, 0.3) is 0 Å². The number of rotatable bonds is 7. The van der Waals surface area contributed by atoms with Crippen LogP contribution in [0.4, 0.5) is 0 Å². The van der Waals surface area contributed by atoms with Crippen LogP contribution < -0.4 is 0 Å². The minimum absolute atomic E-state index is 0.0552. The fourth-order valence-electron chi connectivity index (χ4n) is 1.75. The van der Waals surface area contributed by atoms with Crippen LogP contribution in [0.1, 0.15) is 32.6 Å². The second kappa shape index (κ2) is 5.75. The molecule has 1 fully saturated rings. The first-order chi connectivity index (χ1) is 7.17. The highest BCUT2D eigenvalue weighted by Gasteiger charge is 2.43. The maximum atomic E-state index is 11.9. The molecule has 0 radical (unpaired) electrons. The zero-order chi connectivity index (χ0) is 11.3. The molecule has 0 unspecified atom stereocenters. The summed E-state index contributed by atoms with van der Waals surface area (Å²) in [5.74, 6) is 0.982. The Morgan fingerprint density at radius 2 is 2.13 bits per heavy atom. The van der Waals surface area contributed by atoms with E-state index in [1.807, 2.05) is 6.92 Å². The van der Waals surface area contributed by atoms with Gasteiger partial charge < -0.3 is 10.0 Å². The maximum absolute atomic E-state index is 11.9. The number of aliphatic hydroxyl groups excluding tert-OH is 1. The van der Waals surface area contributed by atoms with Gasteiger partial charge in [-0.25, -0.2) is 0 Å². The number of carbonyl (C=O) groups excluding carboxylic acids is 1. The van der Waals surface area contributed by atoms with E-state index in [-0.39, 0.29) is 17.9 Å². The molecule has 0 aromatic carbocycles. The zero-order valence-corrected chi connectivity index (χ0v) is 10.3. The molecule has 0 aliphatic heterocycles. The summed E-state index contributed by atoms with van der Waals surface area (Å²) in [6.07, 6.45) is 3.80. The van der Waals surface area contributed by atoms with Gasteiger partial charge in [-0.05, 0) is 30.4 Å². The summed E-state index contributed by atoms with van der Waals surface area (Å²) in [6.45, 7) is 3.32. The molecule has 0 spiro atoms. The summed E-state index contributed by atoms with van der Waals surface area (Å²) in [7, 11) is 0. The number of nitrogens with zero attached hydrogens (tertiary/aromatic N) is 1. The van der Waals surface area contributed by atoms with Gasteiger partial charge in [0.25, 0.3) is 0 Å². The van der Waals surface area contributed by atoms with Crippen molar-refractivity contribution < 1.29 is 9.90 Å². The average molecular weight is 231 g/mol. The molecule has 3 nitrogen and oxygen atoms in total. The predicted octanol–water partition coefficient (Wildman–Crippen LogP) is 1.32. The Kier molecular flexibility index (Phi) is 4.93. The van der Waals surface area contributed by atoms with Crippen molar-refractivity contribution in [2.75, 3.05) is 25.4 Å². The number of thiol groups is 1. The fourth-order valence-corrected chi connectivity index (χ4v) is 2.18. The van der Waals surface area contributed by atoms with E-state index in [1.54, 1.807) is 4.90 Å². The normalized spacial score (nSPS) is 17.5. The summed E-state index contributed by atoms with van der Waals surface area (Å²) in [4.78, 5) is 13.7. The molecule has 1 aliphatic rings. The molecule has 0 atom stereocenters. The van der Waals surface area contributed by atoms with Crippen molar-refractivity contribution in [2.24, 2.45) is 5.41 Å². The van der Waals surface area contributed by atoms with Gasteiger partial charge in [0.1, 0.15) is 0 Å². The van der Waals surface area contributed by atoms with Crippen LogP contribution in [0.15, 0.2) is 0 Å². The van der Waals surface area contributed by atoms with E-state index in [4.69, 9.17) is 5.11 Å². The third-order valence-corrected chi connectivity index (χ3v) is 3.71. The van der Waals surface area contributed by atoms with E-state index in [0.717, 1.165) is 31.6 Å². The Balaban J connectivity index is 2.41. The smallest absolute Gasteiger partial charge is 0.223 e. The molecule has 88 valence electrons. The highest BCUT2D eigenvalue weighted by molar-refractivity contribution is 7.80. The number of aliphatic hydroxyl groups is 1. The second-order valence-electron chi connectivity index (χ2n) is 4.44. The first kappa shape index (κ1) is 12.8. The van der Waals surface area contributed by atoms with Gasteiger partial charge in [-0.1, -0.05) is 6.92 Å². The van der Waals surface area contributed by atoms with E-state index in [0.29, 0.717) is 13.0 Å². The monoisotopic (exact) mass is 231 g/mol. The van der Waals surface area contributed by atoms with Crippen LogP contribution in [0.3, 0.4) is 0 Å². The molecular weight excluding hydrogens is 210 g/mol. The molecule has 1 aliphatic carbocycles. The van der Waals surface area contributed by atoms with E-state index >= 15 is 0 Å². The van der Waals surface area contributed by atoms with E-state index in [1.165, 1.54) is 0 Å². The quantitative estimate of drug-likeness (QED) is 0.649. The average Bonchev–Trinajstić information content (AvgIpc) is 2.98. The van der Waals surface area contributed by atoms with Crippen LogP contribution in [-0.4, -0.2) is 41.4 Å². The lowest BCUT2D eigenvalue weighted by atomic mass is 10.0. The van der Waals surface area contributed by atoms with Crippen molar-refractivity contribution in [3.8, 4) is 0 Å². The highest BCUT2D eigenvalue weighted by atomic mass is 32.1. The van der Waals surface area contributed by atoms with Gasteiger partial charge in [-0.3, -0.25) is 4.79 Å². The van der Waals surface area contributed by atoms with Crippen LogP contribution in [0.5, 0.6) is 0 Å². The molecule has 0 heterocycles. The van der Waals surface area contributed by atoms with Gasteiger partial charge in [-0.2, -0.15) is 12.6 Å². The molecule has 0 saturated heterocycles. The predicted molar refractivity (Wildman–Crippen MR) is 64.1 cm³/mol. The Morgan fingerprint density at radius 1 is 1.47 bits per heavy atom. The minimum atomic E-state index is 0.0552. The number of hydrogen-bond acceptors (Lipinski definition) is 3. The first-order valence-corrected chi connectivity index (χ1v) is 6.30. The summed E-state index contributed by atoms with van der Waals surface area (Å²) >= 11 is 4.29. The molecule has 15 heavy (non-hydrogen) atoms. The van der Waals surface area contributed by atoms with Crippen molar-refractivity contribution in [3.05, 3.63) is 0 Å². The fraction of sp³-hybridized carbons (Fsp3) is 0.909. The SMILES string of the molecule is CCCN(CCO)C(=O)CC1(CS)CC1. The molecular formula is C11H21NO2S. The molecule has 1 rings (SSSR count). The number of hydrogen-bond donors (Lipinski definition) is 2. The topological polar surface area (TPSA) is 40.5 Å². The standard InChI is InChI=1S/C11H21NO2S/c1-2-5-12(6-7-13)10(14)8-11(9-15)3-4-11/h13,15H,2-9H2,1H3. The van der Waals surface area contributed by atoms with E-state index in [2.05, 4.69) is 12.6 Å². The van der Waals surface area contributed by atoms with E-state index < -0.39 is 0 Å². The van der Waals surface area contributed by atoms with Crippen LogP contribution in [0, 0.1) is 5.41 Å². The molecule has 0 aromatic heterocycles. The van der Waals surface area contributed by atoms with Crippen LogP contribution in [0.2, 0.25) is 0 Å². The van der Waals surface area contributed by atoms with Crippen molar-refractivity contribution in [2.45, 2.75) is 32.6 Å². The number of carbonyl (C=O) groups is 1. The summed E-state index contributed by atoms with van der Waals surface area (Å²) < 4.78 is 0. The van der Waals surface area contributed by atoms with Gasteiger partial charge in [-0.15, -0.1) is 0 Å². The van der Waals surface area contributed by atoms with Crippen LogP contribution in [-0.2, 0) is 4.79 Å². The lowest BCUT2D eigenvalue weighted by Gasteiger charge is -2.23. The number of amides is 1. The lowest BCUT2D eigenvalue weighted by molar-refractivity contribution is -0.132. The Hall–Kier alpha value is -0.220. The molecule has 0 aromatic rings. The molecule has 4 heteroatoms. The Bertz CT molecular complexity index is 211. The summed E-state index contributed by atoms with van der Waals surface area (Å²) in [5, 5.41) is 8.87. The minimum Gasteiger partial charge on any atom is -0.395 e. The maximum Gasteiger partial charge on any atom is 0.223 e. The van der Waals surface area contributed by atoms with Gasteiger partial charge in [0.2, 0.25) is 5.91 Å². The van der Waals surface area contributed by atoms with Crippen molar-refractivity contribution in [1.29, 1.82) is 0 Å². The lowest BCUT2D eigenvalue weighted by Crippen LogP contribution is -2.35. The summed E-state index contributed by atoms with van der Waals surface area (Å²) in [5.41, 5.74) is 0.182. The molecule has 1 amide bonds. The largest absolute Gasteiger partial charge is 0.395 e. The van der Waals surface area contributed by atoms with Crippen molar-refractivity contribution >= 4 is 18.5 Å². The second-order valence-corrected chi connectivity index (χ2v) is 4.76. The highest BCUT2D eigenvalue weighted by Crippen LogP contribution is 2.49. The zero-order valence-electron chi connectivity index (χ0n) is 9.41. The van der Waals surface area contributed by atoms with Crippen LogP contribution >= 0.6 is 12.6 Å². The molecule has 0 bridgehead atoms. The van der Waals surface area contributed by atoms with Crippen molar-refractivity contribution in [1.82, 2.24) is 4.90 Å². The van der Waals surface area contributed by atoms with Crippen molar-refractivity contribution in [3.63, 3.8) is 0 Å². The molecule has 1 saturated carbocycles. The van der Waals surface area contributed by atoms with E-state index in [9.17, 15) is 4.79 Å².